The first kappa shape index (κ1) is 14.4. The molecule has 106 valence electrons. The SMILES string of the molecule is Nc1cn[nH]c1NC(=O)c1cc(C(F)(F)F)ccc1Br. The summed E-state index contributed by atoms with van der Waals surface area (Å²) in [4.78, 5) is 12.0. The van der Waals surface area contributed by atoms with Crippen LogP contribution in [0.2, 0.25) is 0 Å². The lowest BCUT2D eigenvalue weighted by Crippen LogP contribution is -2.15. The Kier molecular flexibility index (Phi) is 3.71. The molecule has 0 bridgehead atoms. The number of nitrogens with two attached hydrogens (primary N) is 1. The number of benzene rings is 1. The number of carbonyl (C=O) groups excluding carboxylic acids is 1. The van der Waals surface area contributed by atoms with Crippen LogP contribution in [-0.4, -0.2) is 16.1 Å². The molecule has 2 aromatic rings. The predicted molar refractivity (Wildman–Crippen MR) is 70.1 cm³/mol. The van der Waals surface area contributed by atoms with Crippen molar-refractivity contribution < 1.29 is 18.0 Å². The number of halogens is 4. The molecule has 0 spiro atoms. The number of hydrogen-bond acceptors (Lipinski definition) is 3. The smallest absolute Gasteiger partial charge is 0.394 e. The Morgan fingerprint density at radius 3 is 2.65 bits per heavy atom. The summed E-state index contributed by atoms with van der Waals surface area (Å²) in [5.41, 5.74) is 4.61. The summed E-state index contributed by atoms with van der Waals surface area (Å²) < 4.78 is 38.1. The molecular formula is C11H8BrF3N4O. The molecule has 4 N–H and O–H groups in total. The minimum absolute atomic E-state index is 0.124. The summed E-state index contributed by atoms with van der Waals surface area (Å²) in [7, 11) is 0. The third-order valence-corrected chi connectivity index (χ3v) is 3.14. The zero-order chi connectivity index (χ0) is 14.9. The molecule has 0 atom stereocenters. The van der Waals surface area contributed by atoms with Crippen LogP contribution in [0.4, 0.5) is 24.7 Å². The summed E-state index contributed by atoms with van der Waals surface area (Å²) >= 11 is 3.04. The monoisotopic (exact) mass is 348 g/mol. The first-order valence-corrected chi connectivity index (χ1v) is 6.05. The maximum atomic E-state index is 12.6. The molecule has 0 radical (unpaired) electrons. The molecule has 2 rings (SSSR count). The third-order valence-electron chi connectivity index (χ3n) is 2.45. The Morgan fingerprint density at radius 1 is 1.40 bits per heavy atom. The van der Waals surface area contributed by atoms with Gasteiger partial charge in [-0.3, -0.25) is 9.89 Å². The number of alkyl halides is 3. The zero-order valence-corrected chi connectivity index (χ0v) is 11.3. The van der Waals surface area contributed by atoms with Crippen molar-refractivity contribution in [1.29, 1.82) is 0 Å². The number of anilines is 2. The number of amides is 1. The molecule has 1 aromatic heterocycles. The van der Waals surface area contributed by atoms with E-state index in [-0.39, 0.29) is 21.5 Å². The van der Waals surface area contributed by atoms with E-state index in [2.05, 4.69) is 31.4 Å². The van der Waals surface area contributed by atoms with Crippen LogP contribution in [0.25, 0.3) is 0 Å². The van der Waals surface area contributed by atoms with E-state index >= 15 is 0 Å². The Balaban J connectivity index is 2.32. The molecule has 0 saturated heterocycles. The number of carbonyl (C=O) groups is 1. The molecule has 20 heavy (non-hydrogen) atoms. The molecule has 1 amide bonds. The van der Waals surface area contributed by atoms with E-state index in [4.69, 9.17) is 5.73 Å². The molecule has 0 aliphatic carbocycles. The van der Waals surface area contributed by atoms with Crippen molar-refractivity contribution in [3.63, 3.8) is 0 Å². The fourth-order valence-corrected chi connectivity index (χ4v) is 1.88. The van der Waals surface area contributed by atoms with E-state index in [1.165, 1.54) is 6.20 Å². The number of hydrogen-bond donors (Lipinski definition) is 3. The van der Waals surface area contributed by atoms with Gasteiger partial charge in [-0.25, -0.2) is 0 Å². The molecule has 0 unspecified atom stereocenters. The van der Waals surface area contributed by atoms with Crippen molar-refractivity contribution in [3.05, 3.63) is 40.0 Å². The highest BCUT2D eigenvalue weighted by molar-refractivity contribution is 9.10. The molecule has 0 saturated carbocycles. The summed E-state index contributed by atoms with van der Waals surface area (Å²) in [6, 6.07) is 2.80. The van der Waals surface area contributed by atoms with Crippen LogP contribution >= 0.6 is 15.9 Å². The lowest BCUT2D eigenvalue weighted by Gasteiger charge is -2.10. The molecule has 0 fully saturated rings. The first-order valence-electron chi connectivity index (χ1n) is 5.26. The van der Waals surface area contributed by atoms with Gasteiger partial charge in [0.05, 0.1) is 23.0 Å². The van der Waals surface area contributed by atoms with Crippen LogP contribution in [0.1, 0.15) is 15.9 Å². The summed E-state index contributed by atoms with van der Waals surface area (Å²) in [5, 5.41) is 8.36. The van der Waals surface area contributed by atoms with Crippen LogP contribution in [0.5, 0.6) is 0 Å². The molecule has 5 nitrogen and oxygen atoms in total. The maximum Gasteiger partial charge on any atom is 0.416 e. The predicted octanol–water partition coefficient (Wildman–Crippen LogP) is 3.03. The average Bonchev–Trinajstić information content (AvgIpc) is 2.74. The van der Waals surface area contributed by atoms with Gasteiger partial charge in [0.25, 0.3) is 5.91 Å². The largest absolute Gasteiger partial charge is 0.416 e. The van der Waals surface area contributed by atoms with E-state index in [9.17, 15) is 18.0 Å². The van der Waals surface area contributed by atoms with Crippen molar-refractivity contribution in [2.45, 2.75) is 6.18 Å². The first-order chi connectivity index (χ1) is 9.29. The van der Waals surface area contributed by atoms with E-state index in [1.54, 1.807) is 0 Å². The molecule has 1 aromatic carbocycles. The molecular weight excluding hydrogens is 341 g/mol. The number of aromatic nitrogens is 2. The molecule has 9 heteroatoms. The Labute approximate surface area is 119 Å². The van der Waals surface area contributed by atoms with Crippen LogP contribution in [0, 0.1) is 0 Å². The standard InChI is InChI=1S/C11H8BrF3N4O/c12-7-2-1-5(11(13,14)15)3-6(7)10(20)18-9-8(16)4-17-19-9/h1-4H,16H2,(H2,17,18,19,20). The van der Waals surface area contributed by atoms with Crippen LogP contribution in [-0.2, 0) is 6.18 Å². The third kappa shape index (κ3) is 2.93. The van der Waals surface area contributed by atoms with Gasteiger partial charge in [0.2, 0.25) is 0 Å². The van der Waals surface area contributed by atoms with E-state index in [0.717, 1.165) is 18.2 Å². The quantitative estimate of drug-likeness (QED) is 0.779. The van der Waals surface area contributed by atoms with Gasteiger partial charge in [0, 0.05) is 4.47 Å². The van der Waals surface area contributed by atoms with Gasteiger partial charge in [0.15, 0.2) is 5.82 Å². The lowest BCUT2D eigenvalue weighted by molar-refractivity contribution is -0.137. The number of rotatable bonds is 2. The van der Waals surface area contributed by atoms with Gasteiger partial charge in [-0.2, -0.15) is 18.3 Å². The summed E-state index contributed by atoms with van der Waals surface area (Å²) in [5.74, 6) is -0.613. The maximum absolute atomic E-state index is 12.6. The Morgan fingerprint density at radius 2 is 2.10 bits per heavy atom. The van der Waals surface area contributed by atoms with Gasteiger partial charge in [-0.15, -0.1) is 0 Å². The summed E-state index contributed by atoms with van der Waals surface area (Å²) in [6.07, 6.45) is -3.25. The molecule has 0 aliphatic heterocycles. The summed E-state index contributed by atoms with van der Waals surface area (Å²) in [6.45, 7) is 0. The van der Waals surface area contributed by atoms with Gasteiger partial charge in [-0.05, 0) is 34.1 Å². The fourth-order valence-electron chi connectivity index (χ4n) is 1.45. The van der Waals surface area contributed by atoms with E-state index in [0.29, 0.717) is 0 Å². The van der Waals surface area contributed by atoms with E-state index in [1.807, 2.05) is 0 Å². The minimum atomic E-state index is -4.53. The van der Waals surface area contributed by atoms with Crippen molar-refractivity contribution in [3.8, 4) is 0 Å². The second kappa shape index (κ2) is 5.16. The number of nitrogens with zero attached hydrogens (tertiary/aromatic N) is 1. The molecule has 0 aliphatic rings. The fraction of sp³-hybridized carbons (Fsp3) is 0.0909. The Bertz CT molecular complexity index is 653. The number of aromatic amines is 1. The number of nitrogen functional groups attached to an aromatic ring is 1. The van der Waals surface area contributed by atoms with Crippen LogP contribution in [0.15, 0.2) is 28.9 Å². The highest BCUT2D eigenvalue weighted by Crippen LogP contribution is 2.32. The van der Waals surface area contributed by atoms with Gasteiger partial charge >= 0.3 is 6.18 Å². The number of nitrogens with one attached hydrogen (secondary N) is 2. The number of H-pyrrole nitrogens is 1. The van der Waals surface area contributed by atoms with Crippen LogP contribution in [0.3, 0.4) is 0 Å². The highest BCUT2D eigenvalue weighted by atomic mass is 79.9. The minimum Gasteiger partial charge on any atom is -0.394 e. The van der Waals surface area contributed by atoms with Crippen molar-refractivity contribution in [2.75, 3.05) is 11.1 Å². The van der Waals surface area contributed by atoms with Crippen molar-refractivity contribution >= 4 is 33.3 Å². The highest BCUT2D eigenvalue weighted by Gasteiger charge is 2.31. The van der Waals surface area contributed by atoms with Crippen LogP contribution < -0.4 is 11.1 Å². The zero-order valence-electron chi connectivity index (χ0n) is 9.75. The van der Waals surface area contributed by atoms with Gasteiger partial charge in [-0.1, -0.05) is 0 Å². The second-order valence-corrected chi connectivity index (χ2v) is 4.70. The van der Waals surface area contributed by atoms with Gasteiger partial charge < -0.3 is 11.1 Å². The topological polar surface area (TPSA) is 83.8 Å². The molecule has 1 heterocycles. The normalized spacial score (nSPS) is 11.4. The lowest BCUT2D eigenvalue weighted by atomic mass is 10.1. The van der Waals surface area contributed by atoms with Crippen molar-refractivity contribution in [2.24, 2.45) is 0 Å². The van der Waals surface area contributed by atoms with E-state index < -0.39 is 17.6 Å². The van der Waals surface area contributed by atoms with Gasteiger partial charge in [0.1, 0.15) is 0 Å². The average molecular weight is 349 g/mol. The Hall–Kier alpha value is -2.03. The second-order valence-electron chi connectivity index (χ2n) is 3.85. The van der Waals surface area contributed by atoms with Crippen molar-refractivity contribution in [1.82, 2.24) is 10.2 Å².